The van der Waals surface area contributed by atoms with Crippen molar-refractivity contribution in [2.24, 2.45) is 0 Å². The van der Waals surface area contributed by atoms with Crippen molar-refractivity contribution < 1.29 is 9.53 Å². The Labute approximate surface area is 165 Å². The third kappa shape index (κ3) is 4.69. The topological polar surface area (TPSA) is 73.2 Å². The van der Waals surface area contributed by atoms with Gasteiger partial charge in [0.15, 0.2) is 5.03 Å². The summed E-state index contributed by atoms with van der Waals surface area (Å²) in [6.07, 6.45) is 3.06. The second-order valence-electron chi connectivity index (χ2n) is 5.43. The van der Waals surface area contributed by atoms with Gasteiger partial charge in [0.1, 0.15) is 5.75 Å². The molecule has 1 N–H and O–H groups in total. The fourth-order valence-corrected chi connectivity index (χ4v) is 3.30. The van der Waals surface area contributed by atoms with E-state index in [-0.39, 0.29) is 22.2 Å². The predicted molar refractivity (Wildman–Crippen MR) is 107 cm³/mol. The number of rotatable bonds is 6. The number of ether oxygens (including phenoxy) is 1. The molecule has 2 aromatic carbocycles. The van der Waals surface area contributed by atoms with Crippen molar-refractivity contribution in [2.75, 3.05) is 18.2 Å². The molecule has 0 saturated heterocycles. The highest BCUT2D eigenvalue weighted by Crippen LogP contribution is 2.26. The van der Waals surface area contributed by atoms with Crippen molar-refractivity contribution in [1.82, 2.24) is 9.55 Å². The van der Waals surface area contributed by atoms with E-state index >= 15 is 0 Å². The van der Waals surface area contributed by atoms with Crippen LogP contribution in [-0.4, -0.2) is 28.3 Å². The summed E-state index contributed by atoms with van der Waals surface area (Å²) >= 11 is 7.22. The Kier molecular flexibility index (Phi) is 6.16. The highest BCUT2D eigenvalue weighted by atomic mass is 35.5. The monoisotopic (exact) mass is 401 g/mol. The van der Waals surface area contributed by atoms with Crippen LogP contribution < -0.4 is 15.6 Å². The smallest absolute Gasteiger partial charge is 0.287 e. The van der Waals surface area contributed by atoms with E-state index in [1.165, 1.54) is 17.9 Å². The molecule has 27 heavy (non-hydrogen) atoms. The average Bonchev–Trinajstić information content (AvgIpc) is 2.68. The minimum absolute atomic E-state index is 0.0739. The van der Waals surface area contributed by atoms with Crippen molar-refractivity contribution in [3.63, 3.8) is 0 Å². The van der Waals surface area contributed by atoms with Gasteiger partial charge in [0.05, 0.1) is 23.6 Å². The maximum absolute atomic E-state index is 12.7. The van der Waals surface area contributed by atoms with Gasteiger partial charge in [-0.1, -0.05) is 41.6 Å². The Balaban J connectivity index is 1.74. The molecule has 3 aromatic rings. The first kappa shape index (κ1) is 19.0. The van der Waals surface area contributed by atoms with Gasteiger partial charge in [-0.3, -0.25) is 14.2 Å². The number of para-hydroxylation sites is 1. The van der Waals surface area contributed by atoms with Crippen molar-refractivity contribution in [1.29, 1.82) is 0 Å². The molecular weight excluding hydrogens is 386 g/mol. The number of amides is 1. The summed E-state index contributed by atoms with van der Waals surface area (Å²) in [7, 11) is 1.52. The molecule has 0 saturated carbocycles. The van der Waals surface area contributed by atoms with Gasteiger partial charge in [-0.2, -0.15) is 0 Å². The number of nitrogens with zero attached hydrogens (tertiary/aromatic N) is 2. The quantitative estimate of drug-likeness (QED) is 0.638. The molecule has 1 amide bonds. The normalized spacial score (nSPS) is 10.4. The fraction of sp³-hybridized carbons (Fsp3) is 0.105. The van der Waals surface area contributed by atoms with Crippen LogP contribution >= 0.6 is 23.4 Å². The van der Waals surface area contributed by atoms with E-state index in [9.17, 15) is 9.59 Å². The molecule has 0 spiro atoms. The molecule has 0 bridgehead atoms. The number of aromatic nitrogens is 2. The van der Waals surface area contributed by atoms with E-state index in [4.69, 9.17) is 16.3 Å². The van der Waals surface area contributed by atoms with Crippen LogP contribution in [0.1, 0.15) is 0 Å². The lowest BCUT2D eigenvalue weighted by molar-refractivity contribution is -0.113. The third-order valence-electron chi connectivity index (χ3n) is 3.62. The number of anilines is 1. The van der Waals surface area contributed by atoms with Gasteiger partial charge in [-0.15, -0.1) is 0 Å². The van der Waals surface area contributed by atoms with Crippen molar-refractivity contribution in [3.8, 4) is 11.4 Å². The van der Waals surface area contributed by atoms with Crippen LogP contribution in [0, 0.1) is 0 Å². The molecule has 0 aliphatic heterocycles. The minimum Gasteiger partial charge on any atom is -0.495 e. The minimum atomic E-state index is -0.323. The number of nitrogens with one attached hydrogen (secondary N) is 1. The Morgan fingerprint density at radius 1 is 1.26 bits per heavy atom. The number of benzene rings is 2. The number of methoxy groups -OCH3 is 1. The Hall–Kier alpha value is -2.77. The van der Waals surface area contributed by atoms with E-state index in [2.05, 4.69) is 10.3 Å². The number of halogens is 1. The standard InChI is InChI=1S/C19H16ClN3O3S/c1-26-16-8-7-14(11-15(16)20)23-10-9-21-18(19(23)25)27-12-17(24)22-13-5-3-2-4-6-13/h2-11H,12H2,1H3,(H,22,24). The first-order chi connectivity index (χ1) is 13.1. The molecule has 1 heterocycles. The second kappa shape index (κ2) is 8.75. The first-order valence-corrected chi connectivity index (χ1v) is 9.34. The van der Waals surface area contributed by atoms with Crippen LogP contribution in [0.4, 0.5) is 5.69 Å². The van der Waals surface area contributed by atoms with Crippen LogP contribution in [0.5, 0.6) is 5.75 Å². The van der Waals surface area contributed by atoms with Gasteiger partial charge in [-0.05, 0) is 30.3 Å². The Morgan fingerprint density at radius 2 is 2.04 bits per heavy atom. The van der Waals surface area contributed by atoms with Crippen LogP contribution in [0.3, 0.4) is 0 Å². The van der Waals surface area contributed by atoms with Gasteiger partial charge < -0.3 is 10.1 Å². The maximum atomic E-state index is 12.7. The van der Waals surface area contributed by atoms with Gasteiger partial charge in [-0.25, -0.2) is 4.98 Å². The Morgan fingerprint density at radius 3 is 2.74 bits per heavy atom. The molecule has 8 heteroatoms. The van der Waals surface area contributed by atoms with Crippen LogP contribution in [-0.2, 0) is 4.79 Å². The molecule has 0 atom stereocenters. The number of hydrogen-bond acceptors (Lipinski definition) is 5. The van der Waals surface area contributed by atoms with Gasteiger partial charge in [0.25, 0.3) is 5.56 Å². The predicted octanol–water partition coefficient (Wildman–Crippen LogP) is 3.63. The first-order valence-electron chi connectivity index (χ1n) is 7.98. The summed E-state index contributed by atoms with van der Waals surface area (Å²) in [4.78, 5) is 28.8. The van der Waals surface area contributed by atoms with Crippen molar-refractivity contribution in [3.05, 3.63) is 76.3 Å². The fourth-order valence-electron chi connectivity index (χ4n) is 2.35. The van der Waals surface area contributed by atoms with Gasteiger partial charge in [0, 0.05) is 18.1 Å². The van der Waals surface area contributed by atoms with Crippen LogP contribution in [0.15, 0.2) is 70.7 Å². The number of thioether (sulfide) groups is 1. The number of hydrogen-bond donors (Lipinski definition) is 1. The summed E-state index contributed by atoms with van der Waals surface area (Å²) in [6.45, 7) is 0. The molecule has 138 valence electrons. The lowest BCUT2D eigenvalue weighted by Gasteiger charge is -2.10. The SMILES string of the molecule is COc1ccc(-n2ccnc(SCC(=O)Nc3ccccc3)c2=O)cc1Cl. The Bertz CT molecular complexity index is 1010. The molecular formula is C19H16ClN3O3S. The van der Waals surface area contributed by atoms with E-state index in [0.717, 1.165) is 11.8 Å². The molecule has 0 fully saturated rings. The zero-order valence-electron chi connectivity index (χ0n) is 14.4. The molecule has 0 aliphatic carbocycles. The summed E-state index contributed by atoms with van der Waals surface area (Å²) < 4.78 is 6.55. The highest BCUT2D eigenvalue weighted by molar-refractivity contribution is 7.99. The van der Waals surface area contributed by atoms with Crippen molar-refractivity contribution in [2.45, 2.75) is 5.03 Å². The third-order valence-corrected chi connectivity index (χ3v) is 4.88. The molecule has 0 radical (unpaired) electrons. The van der Waals surface area contributed by atoms with E-state index < -0.39 is 0 Å². The maximum Gasteiger partial charge on any atom is 0.287 e. The largest absolute Gasteiger partial charge is 0.495 e. The van der Waals surface area contributed by atoms with E-state index in [1.807, 2.05) is 18.2 Å². The number of carbonyl (C=O) groups excluding carboxylic acids is 1. The summed E-state index contributed by atoms with van der Waals surface area (Å²) in [6, 6.07) is 14.2. The molecule has 0 unspecified atom stereocenters. The van der Waals surface area contributed by atoms with Gasteiger partial charge >= 0.3 is 0 Å². The average molecular weight is 402 g/mol. The summed E-state index contributed by atoms with van der Waals surface area (Å²) in [5.74, 6) is 0.384. The number of carbonyl (C=O) groups is 1. The van der Waals surface area contributed by atoms with Crippen molar-refractivity contribution >= 4 is 35.0 Å². The molecule has 3 rings (SSSR count). The summed E-state index contributed by atoms with van der Waals surface area (Å²) in [5, 5.41) is 3.40. The lowest BCUT2D eigenvalue weighted by Crippen LogP contribution is -2.22. The lowest BCUT2D eigenvalue weighted by atomic mass is 10.3. The van der Waals surface area contributed by atoms with Crippen LogP contribution in [0.2, 0.25) is 5.02 Å². The van der Waals surface area contributed by atoms with Gasteiger partial charge in [0.2, 0.25) is 5.91 Å². The second-order valence-corrected chi connectivity index (χ2v) is 6.80. The van der Waals surface area contributed by atoms with E-state index in [1.54, 1.807) is 36.5 Å². The van der Waals surface area contributed by atoms with E-state index in [0.29, 0.717) is 22.1 Å². The molecule has 1 aromatic heterocycles. The summed E-state index contributed by atoms with van der Waals surface area (Å²) in [5.41, 5.74) is 0.967. The zero-order chi connectivity index (χ0) is 19.2. The van der Waals surface area contributed by atoms with Crippen LogP contribution in [0.25, 0.3) is 5.69 Å². The zero-order valence-corrected chi connectivity index (χ0v) is 16.0. The highest BCUT2D eigenvalue weighted by Gasteiger charge is 2.11. The molecule has 0 aliphatic rings. The molecule has 6 nitrogen and oxygen atoms in total.